The van der Waals surface area contributed by atoms with E-state index in [-0.39, 0.29) is 5.92 Å². The van der Waals surface area contributed by atoms with Gasteiger partial charge in [0.2, 0.25) is 0 Å². The molecule has 1 aromatic rings. The van der Waals surface area contributed by atoms with Gasteiger partial charge in [-0.1, -0.05) is 18.7 Å². The topological polar surface area (TPSA) is 49.6 Å². The summed E-state index contributed by atoms with van der Waals surface area (Å²) in [5, 5.41) is 8.57. The Morgan fingerprint density at radius 2 is 2.46 bits per heavy atom. The van der Waals surface area contributed by atoms with Crippen molar-refractivity contribution >= 4 is 23.3 Å². The fraction of sp³-hybridized carbons (Fsp3) is 0.625. The van der Waals surface area contributed by atoms with Crippen LogP contribution in [0.5, 0.6) is 0 Å². The van der Waals surface area contributed by atoms with Gasteiger partial charge < -0.3 is 0 Å². The fourth-order valence-electron chi connectivity index (χ4n) is 0.674. The molecule has 0 aliphatic carbocycles. The number of aryl methyl sites for hydroxylation is 1. The summed E-state index contributed by atoms with van der Waals surface area (Å²) in [4.78, 5) is 4.30. The molecule has 0 saturated carbocycles. The summed E-state index contributed by atoms with van der Waals surface area (Å²) >= 11 is 3.03. The van der Waals surface area contributed by atoms with Gasteiger partial charge in [-0.05, 0) is 18.5 Å². The standard InChI is InChI=1S/C8H11N3S2/c1-3-7-10-8(13-11-7)12-5-6(2)4-9/h6H,3,5H2,1-2H3. The normalized spacial score (nSPS) is 12.4. The molecule has 0 fully saturated rings. The van der Waals surface area contributed by atoms with Gasteiger partial charge in [0.15, 0.2) is 4.34 Å². The maximum absolute atomic E-state index is 8.57. The van der Waals surface area contributed by atoms with Crippen molar-refractivity contribution in [3.63, 3.8) is 0 Å². The van der Waals surface area contributed by atoms with E-state index in [1.165, 1.54) is 11.5 Å². The molecular formula is C8H11N3S2. The van der Waals surface area contributed by atoms with Gasteiger partial charge in [0, 0.05) is 12.2 Å². The van der Waals surface area contributed by atoms with Crippen LogP contribution in [0.2, 0.25) is 0 Å². The molecule has 0 aliphatic heterocycles. The van der Waals surface area contributed by atoms with Crippen molar-refractivity contribution in [1.29, 1.82) is 5.26 Å². The molecule has 1 heterocycles. The molecule has 3 nitrogen and oxygen atoms in total. The van der Waals surface area contributed by atoms with Crippen LogP contribution in [-0.2, 0) is 6.42 Å². The van der Waals surface area contributed by atoms with Crippen molar-refractivity contribution in [3.8, 4) is 6.07 Å². The van der Waals surface area contributed by atoms with Crippen LogP contribution in [0.3, 0.4) is 0 Å². The molecule has 0 spiro atoms. The van der Waals surface area contributed by atoms with E-state index in [9.17, 15) is 0 Å². The number of hydrogen-bond donors (Lipinski definition) is 0. The summed E-state index contributed by atoms with van der Waals surface area (Å²) < 4.78 is 5.14. The molecule has 0 aromatic carbocycles. The van der Waals surface area contributed by atoms with E-state index in [1.54, 1.807) is 11.8 Å². The van der Waals surface area contributed by atoms with Gasteiger partial charge in [-0.25, -0.2) is 4.98 Å². The van der Waals surface area contributed by atoms with Crippen LogP contribution in [0.25, 0.3) is 0 Å². The van der Waals surface area contributed by atoms with Gasteiger partial charge in [-0.3, -0.25) is 0 Å². The molecule has 0 amide bonds. The monoisotopic (exact) mass is 213 g/mol. The summed E-state index contributed by atoms with van der Waals surface area (Å²) in [5.41, 5.74) is 0. The Balaban J connectivity index is 2.42. The number of nitriles is 1. The zero-order valence-electron chi connectivity index (χ0n) is 7.65. The Kier molecular flexibility index (Phi) is 4.19. The van der Waals surface area contributed by atoms with Gasteiger partial charge in [-0.15, -0.1) is 0 Å². The molecule has 70 valence electrons. The number of aromatic nitrogens is 2. The number of hydrogen-bond acceptors (Lipinski definition) is 5. The fourth-order valence-corrected chi connectivity index (χ4v) is 2.34. The summed E-state index contributed by atoms with van der Waals surface area (Å²) in [6.07, 6.45) is 0.880. The van der Waals surface area contributed by atoms with Crippen molar-refractivity contribution in [3.05, 3.63) is 5.82 Å². The average Bonchev–Trinajstić information content (AvgIpc) is 2.61. The number of nitrogens with zero attached hydrogens (tertiary/aromatic N) is 3. The van der Waals surface area contributed by atoms with Gasteiger partial charge in [-0.2, -0.15) is 9.64 Å². The minimum absolute atomic E-state index is 0.0824. The van der Waals surface area contributed by atoms with Crippen molar-refractivity contribution in [2.45, 2.75) is 24.6 Å². The molecule has 1 aromatic heterocycles. The van der Waals surface area contributed by atoms with Crippen LogP contribution in [-0.4, -0.2) is 15.1 Å². The second-order valence-electron chi connectivity index (χ2n) is 2.67. The summed E-state index contributed by atoms with van der Waals surface area (Å²) in [6, 6.07) is 2.19. The van der Waals surface area contributed by atoms with E-state index in [0.29, 0.717) is 0 Å². The van der Waals surface area contributed by atoms with Gasteiger partial charge in [0.05, 0.1) is 12.0 Å². The highest BCUT2D eigenvalue weighted by Crippen LogP contribution is 2.22. The molecule has 1 atom stereocenters. The van der Waals surface area contributed by atoms with Crippen molar-refractivity contribution in [2.24, 2.45) is 5.92 Å². The zero-order valence-corrected chi connectivity index (χ0v) is 9.28. The molecule has 0 saturated heterocycles. The lowest BCUT2D eigenvalue weighted by Gasteiger charge is -1.96. The lowest BCUT2D eigenvalue weighted by atomic mass is 10.3. The zero-order chi connectivity index (χ0) is 9.68. The van der Waals surface area contributed by atoms with E-state index < -0.39 is 0 Å². The maximum Gasteiger partial charge on any atom is 0.170 e. The van der Waals surface area contributed by atoms with E-state index in [4.69, 9.17) is 5.26 Å². The Bertz CT molecular complexity index is 303. The first-order valence-electron chi connectivity index (χ1n) is 4.11. The predicted octanol–water partition coefficient (Wildman–Crippen LogP) is 2.35. The Labute approximate surface area is 86.4 Å². The molecule has 13 heavy (non-hydrogen) atoms. The van der Waals surface area contributed by atoms with Crippen LogP contribution >= 0.6 is 23.3 Å². The first-order chi connectivity index (χ1) is 6.26. The quantitative estimate of drug-likeness (QED) is 0.720. The highest BCUT2D eigenvalue weighted by molar-refractivity contribution is 8.00. The van der Waals surface area contributed by atoms with Gasteiger partial charge in [0.1, 0.15) is 5.82 Å². The van der Waals surface area contributed by atoms with E-state index in [1.807, 2.05) is 13.8 Å². The minimum atomic E-state index is 0.0824. The summed E-state index contributed by atoms with van der Waals surface area (Å²) in [7, 11) is 0. The third-order valence-corrected chi connectivity index (χ3v) is 3.57. The average molecular weight is 213 g/mol. The van der Waals surface area contributed by atoms with E-state index in [2.05, 4.69) is 15.4 Å². The first kappa shape index (κ1) is 10.5. The minimum Gasteiger partial charge on any atom is -0.213 e. The molecule has 1 rings (SSSR count). The summed E-state index contributed by atoms with van der Waals surface area (Å²) in [5.74, 6) is 1.78. The molecule has 0 radical (unpaired) electrons. The van der Waals surface area contributed by atoms with Crippen molar-refractivity contribution < 1.29 is 0 Å². The van der Waals surface area contributed by atoms with Gasteiger partial charge >= 0.3 is 0 Å². The highest BCUT2D eigenvalue weighted by Gasteiger charge is 2.05. The van der Waals surface area contributed by atoms with Crippen LogP contribution in [0.15, 0.2) is 4.34 Å². The van der Waals surface area contributed by atoms with E-state index in [0.717, 1.165) is 22.3 Å². The highest BCUT2D eigenvalue weighted by atomic mass is 32.2. The maximum atomic E-state index is 8.57. The molecule has 5 heteroatoms. The second kappa shape index (κ2) is 5.20. The van der Waals surface area contributed by atoms with Crippen molar-refractivity contribution in [1.82, 2.24) is 9.36 Å². The molecule has 0 bridgehead atoms. The second-order valence-corrected chi connectivity index (χ2v) is 4.69. The molecule has 0 aliphatic rings. The number of rotatable bonds is 4. The summed E-state index contributed by atoms with van der Waals surface area (Å²) in [6.45, 7) is 3.95. The van der Waals surface area contributed by atoms with Crippen LogP contribution in [0.4, 0.5) is 0 Å². The smallest absolute Gasteiger partial charge is 0.170 e. The molecular weight excluding hydrogens is 202 g/mol. The number of thioether (sulfide) groups is 1. The van der Waals surface area contributed by atoms with Crippen LogP contribution in [0, 0.1) is 17.2 Å². The van der Waals surface area contributed by atoms with Gasteiger partial charge in [0.25, 0.3) is 0 Å². The Morgan fingerprint density at radius 3 is 3.00 bits per heavy atom. The largest absolute Gasteiger partial charge is 0.213 e. The molecule has 0 N–H and O–H groups in total. The van der Waals surface area contributed by atoms with Crippen LogP contribution in [0.1, 0.15) is 19.7 Å². The third kappa shape index (κ3) is 3.33. The Hall–Kier alpha value is -0.600. The lowest BCUT2D eigenvalue weighted by molar-refractivity contribution is 0.862. The lowest BCUT2D eigenvalue weighted by Crippen LogP contribution is -1.92. The first-order valence-corrected chi connectivity index (χ1v) is 5.87. The van der Waals surface area contributed by atoms with Crippen molar-refractivity contribution in [2.75, 3.05) is 5.75 Å². The van der Waals surface area contributed by atoms with E-state index >= 15 is 0 Å². The predicted molar refractivity (Wildman–Crippen MR) is 54.8 cm³/mol. The third-order valence-electron chi connectivity index (χ3n) is 1.44. The SMILES string of the molecule is CCc1nsc(SCC(C)C#N)n1. The molecule has 1 unspecified atom stereocenters. The van der Waals surface area contributed by atoms with Crippen LogP contribution < -0.4 is 0 Å². The Morgan fingerprint density at radius 1 is 1.69 bits per heavy atom.